The molecule has 0 aliphatic heterocycles. The number of benzene rings is 1. The predicted octanol–water partition coefficient (Wildman–Crippen LogP) is 4.28. The number of thioether (sulfide) groups is 1. The maximum atomic E-state index is 3.63. The van der Waals surface area contributed by atoms with Gasteiger partial charge in [0.25, 0.3) is 0 Å². The van der Waals surface area contributed by atoms with Crippen LogP contribution in [0, 0.1) is 0 Å². The minimum atomic E-state index is 0.573. The van der Waals surface area contributed by atoms with E-state index in [9.17, 15) is 0 Å². The van der Waals surface area contributed by atoms with E-state index >= 15 is 0 Å². The smallest absolute Gasteiger partial charge is 0.0412 e. The van der Waals surface area contributed by atoms with Crippen LogP contribution in [0.1, 0.15) is 31.7 Å². The Morgan fingerprint density at radius 2 is 2.20 bits per heavy atom. The lowest BCUT2D eigenvalue weighted by atomic mass is 10.1. The standard InChI is InChI=1S/C16H25BrN2S/c1-12(8-9-20-3)19(2)16-7-4-14(17)10-13(16)11-18-15-5-6-15/h4,7,10,12,15,18H,5-6,8-9,11H2,1-3H3. The maximum absolute atomic E-state index is 3.63. The second kappa shape index (κ2) is 7.71. The molecule has 0 heterocycles. The van der Waals surface area contributed by atoms with E-state index in [0.29, 0.717) is 6.04 Å². The Balaban J connectivity index is 2.07. The zero-order valence-electron chi connectivity index (χ0n) is 12.7. The van der Waals surface area contributed by atoms with Crippen molar-refractivity contribution >= 4 is 33.4 Å². The predicted molar refractivity (Wildman–Crippen MR) is 94.9 cm³/mol. The molecule has 2 rings (SSSR count). The van der Waals surface area contributed by atoms with Crippen molar-refractivity contribution in [1.29, 1.82) is 0 Å². The topological polar surface area (TPSA) is 15.3 Å². The summed E-state index contributed by atoms with van der Waals surface area (Å²) >= 11 is 5.52. The Hall–Kier alpha value is -0.190. The second-order valence-electron chi connectivity index (χ2n) is 5.67. The fraction of sp³-hybridized carbons (Fsp3) is 0.625. The molecule has 1 aromatic carbocycles. The molecule has 2 nitrogen and oxygen atoms in total. The van der Waals surface area contributed by atoms with Crippen LogP contribution in [-0.2, 0) is 6.54 Å². The first-order valence-electron chi connectivity index (χ1n) is 7.35. The average Bonchev–Trinajstić information content (AvgIpc) is 3.26. The number of rotatable bonds is 8. The molecular formula is C16H25BrN2S. The van der Waals surface area contributed by atoms with E-state index in [0.717, 1.165) is 12.6 Å². The summed E-state index contributed by atoms with van der Waals surface area (Å²) in [6.07, 6.45) is 6.08. The third-order valence-corrected chi connectivity index (χ3v) is 5.12. The Morgan fingerprint density at radius 3 is 2.85 bits per heavy atom. The summed E-state index contributed by atoms with van der Waals surface area (Å²) in [6.45, 7) is 3.29. The second-order valence-corrected chi connectivity index (χ2v) is 7.57. The summed E-state index contributed by atoms with van der Waals surface area (Å²) in [6, 6.07) is 7.96. The first-order valence-corrected chi connectivity index (χ1v) is 9.54. The lowest BCUT2D eigenvalue weighted by Gasteiger charge is -2.29. The number of anilines is 1. The highest BCUT2D eigenvalue weighted by molar-refractivity contribution is 9.10. The third kappa shape index (κ3) is 4.68. The van der Waals surface area contributed by atoms with Gasteiger partial charge in [-0.25, -0.2) is 0 Å². The molecule has 1 fully saturated rings. The van der Waals surface area contributed by atoms with Crippen molar-refractivity contribution < 1.29 is 0 Å². The van der Waals surface area contributed by atoms with Crippen molar-refractivity contribution in [3.63, 3.8) is 0 Å². The fourth-order valence-corrected chi connectivity index (χ4v) is 3.29. The van der Waals surface area contributed by atoms with Crippen molar-refractivity contribution in [3.8, 4) is 0 Å². The minimum Gasteiger partial charge on any atom is -0.372 e. The van der Waals surface area contributed by atoms with Crippen molar-refractivity contribution in [2.24, 2.45) is 0 Å². The van der Waals surface area contributed by atoms with Gasteiger partial charge in [-0.05, 0) is 62.0 Å². The molecule has 1 saturated carbocycles. The summed E-state index contributed by atoms with van der Waals surface area (Å²) in [7, 11) is 2.22. The molecule has 0 saturated heterocycles. The van der Waals surface area contributed by atoms with Crippen LogP contribution in [-0.4, -0.2) is 31.1 Å². The molecule has 0 amide bonds. The monoisotopic (exact) mass is 356 g/mol. The van der Waals surface area contributed by atoms with Gasteiger partial charge in [-0.2, -0.15) is 11.8 Å². The van der Waals surface area contributed by atoms with E-state index in [1.807, 2.05) is 11.8 Å². The first kappa shape index (κ1) is 16.2. The summed E-state index contributed by atoms with van der Waals surface area (Å²) in [5.41, 5.74) is 2.75. The first-order chi connectivity index (χ1) is 9.61. The van der Waals surface area contributed by atoms with Gasteiger partial charge in [0.15, 0.2) is 0 Å². The molecular weight excluding hydrogens is 332 g/mol. The third-order valence-electron chi connectivity index (χ3n) is 3.98. The molecule has 1 aromatic rings. The van der Waals surface area contributed by atoms with Crippen molar-refractivity contribution in [3.05, 3.63) is 28.2 Å². The Morgan fingerprint density at radius 1 is 1.45 bits per heavy atom. The van der Waals surface area contributed by atoms with Gasteiger partial charge in [0, 0.05) is 35.8 Å². The largest absolute Gasteiger partial charge is 0.372 e. The van der Waals surface area contributed by atoms with Crippen LogP contribution in [0.3, 0.4) is 0 Å². The van der Waals surface area contributed by atoms with Gasteiger partial charge in [-0.3, -0.25) is 0 Å². The summed E-state index contributed by atoms with van der Waals surface area (Å²) in [4.78, 5) is 2.42. The zero-order chi connectivity index (χ0) is 14.5. The maximum Gasteiger partial charge on any atom is 0.0412 e. The van der Waals surface area contributed by atoms with E-state index in [1.165, 1.54) is 40.7 Å². The highest BCUT2D eigenvalue weighted by Crippen LogP contribution is 2.27. The van der Waals surface area contributed by atoms with Crippen LogP contribution < -0.4 is 10.2 Å². The SMILES string of the molecule is CSCCC(C)N(C)c1ccc(Br)cc1CNC1CC1. The molecule has 1 unspecified atom stereocenters. The molecule has 1 atom stereocenters. The van der Waals surface area contributed by atoms with Crippen molar-refractivity contribution in [1.82, 2.24) is 5.32 Å². The molecule has 20 heavy (non-hydrogen) atoms. The molecule has 4 heteroatoms. The Kier molecular flexibility index (Phi) is 6.24. The number of hydrogen-bond donors (Lipinski definition) is 1. The molecule has 0 radical (unpaired) electrons. The van der Waals surface area contributed by atoms with E-state index in [4.69, 9.17) is 0 Å². The van der Waals surface area contributed by atoms with Crippen LogP contribution in [0.4, 0.5) is 5.69 Å². The van der Waals surface area contributed by atoms with E-state index < -0.39 is 0 Å². The van der Waals surface area contributed by atoms with Crippen LogP contribution in [0.2, 0.25) is 0 Å². The summed E-state index contributed by atoms with van der Waals surface area (Å²) in [5.74, 6) is 1.22. The van der Waals surface area contributed by atoms with Gasteiger partial charge in [-0.1, -0.05) is 15.9 Å². The van der Waals surface area contributed by atoms with Gasteiger partial charge in [0.05, 0.1) is 0 Å². The number of nitrogens with zero attached hydrogens (tertiary/aromatic N) is 1. The highest BCUT2D eigenvalue weighted by atomic mass is 79.9. The van der Waals surface area contributed by atoms with Gasteiger partial charge in [0.2, 0.25) is 0 Å². The van der Waals surface area contributed by atoms with Gasteiger partial charge in [0.1, 0.15) is 0 Å². The Labute approximate surface area is 135 Å². The number of halogens is 1. The van der Waals surface area contributed by atoms with Crippen LogP contribution in [0.25, 0.3) is 0 Å². The van der Waals surface area contributed by atoms with Gasteiger partial charge < -0.3 is 10.2 Å². The molecule has 1 aliphatic rings. The molecule has 0 spiro atoms. The number of hydrogen-bond acceptors (Lipinski definition) is 3. The fourth-order valence-electron chi connectivity index (χ4n) is 2.30. The van der Waals surface area contributed by atoms with Crippen molar-refractivity contribution in [2.75, 3.05) is 24.0 Å². The van der Waals surface area contributed by atoms with Gasteiger partial charge >= 0.3 is 0 Å². The lowest BCUT2D eigenvalue weighted by Crippen LogP contribution is -2.31. The average molecular weight is 357 g/mol. The molecule has 0 aromatic heterocycles. The Bertz CT molecular complexity index is 434. The minimum absolute atomic E-state index is 0.573. The van der Waals surface area contributed by atoms with E-state index in [-0.39, 0.29) is 0 Å². The van der Waals surface area contributed by atoms with Crippen molar-refractivity contribution in [2.45, 2.75) is 44.8 Å². The zero-order valence-corrected chi connectivity index (χ0v) is 15.1. The van der Waals surface area contributed by atoms with Gasteiger partial charge in [-0.15, -0.1) is 0 Å². The van der Waals surface area contributed by atoms with E-state index in [2.05, 4.69) is 64.6 Å². The quantitative estimate of drug-likeness (QED) is 0.748. The van der Waals surface area contributed by atoms with Crippen LogP contribution >= 0.6 is 27.7 Å². The van der Waals surface area contributed by atoms with Crippen LogP contribution in [0.15, 0.2) is 22.7 Å². The van der Waals surface area contributed by atoms with Crippen LogP contribution in [0.5, 0.6) is 0 Å². The lowest BCUT2D eigenvalue weighted by molar-refractivity contribution is 0.653. The number of nitrogens with one attached hydrogen (secondary N) is 1. The summed E-state index contributed by atoms with van der Waals surface area (Å²) < 4.78 is 1.17. The normalized spacial score (nSPS) is 16.2. The molecule has 112 valence electrons. The molecule has 1 N–H and O–H groups in total. The highest BCUT2D eigenvalue weighted by Gasteiger charge is 2.21. The molecule has 1 aliphatic carbocycles. The van der Waals surface area contributed by atoms with E-state index in [1.54, 1.807) is 0 Å². The summed E-state index contributed by atoms with van der Waals surface area (Å²) in [5, 5.41) is 3.63. The molecule has 0 bridgehead atoms.